The number of esters is 1. The van der Waals surface area contributed by atoms with Crippen LogP contribution in [0.5, 0.6) is 0 Å². The van der Waals surface area contributed by atoms with Gasteiger partial charge in [0.15, 0.2) is 12.0 Å². The Morgan fingerprint density at radius 1 is 1.18 bits per heavy atom. The summed E-state index contributed by atoms with van der Waals surface area (Å²) in [6, 6.07) is 5.06. The molecule has 3 aromatic rings. The highest BCUT2D eigenvalue weighted by atomic mass is 32.2. The number of nitrogens with zero attached hydrogens (tertiary/aromatic N) is 3. The number of carbonyl (C=O) groups excluding carboxylic acids is 1. The Kier molecular flexibility index (Phi) is 7.17. The lowest BCUT2D eigenvalue weighted by atomic mass is 10.1. The van der Waals surface area contributed by atoms with Crippen LogP contribution in [-0.4, -0.2) is 46.5 Å². The van der Waals surface area contributed by atoms with Crippen LogP contribution in [0.3, 0.4) is 0 Å². The highest BCUT2D eigenvalue weighted by Crippen LogP contribution is 2.34. The van der Waals surface area contributed by atoms with E-state index < -0.39 is 56.8 Å². The van der Waals surface area contributed by atoms with Gasteiger partial charge in [-0.1, -0.05) is 0 Å². The highest BCUT2D eigenvalue weighted by Gasteiger charge is 2.32. The van der Waals surface area contributed by atoms with Gasteiger partial charge in [0.05, 0.1) is 16.8 Å². The van der Waals surface area contributed by atoms with Gasteiger partial charge in [0, 0.05) is 30.7 Å². The van der Waals surface area contributed by atoms with Gasteiger partial charge in [0.1, 0.15) is 10.6 Å². The zero-order chi connectivity index (χ0) is 25.0. The summed E-state index contributed by atoms with van der Waals surface area (Å²) in [5, 5.41) is 11.1. The molecule has 0 saturated heterocycles. The lowest BCUT2D eigenvalue weighted by molar-refractivity contribution is -0.145. The van der Waals surface area contributed by atoms with E-state index in [1.54, 1.807) is 0 Å². The molecule has 0 fully saturated rings. The standard InChI is InChI=1S/C21H18F2N4O6S/c1-12-15(6-4-9-25-12)34(31,32)27-11-14(21(24-2)33-17(30)8-7-16(28)29)18(22)19(27)13-5-3-10-26-20(13)23/h3-11,21,24H,1-2H3,(H,28,29)/b8-7+. The van der Waals surface area contributed by atoms with Gasteiger partial charge in [-0.15, -0.1) is 0 Å². The Balaban J connectivity index is 2.23. The first-order chi connectivity index (χ1) is 16.1. The number of carbonyl (C=O) groups is 2. The van der Waals surface area contributed by atoms with Crippen LogP contribution >= 0.6 is 0 Å². The van der Waals surface area contributed by atoms with Crippen molar-refractivity contribution in [1.82, 2.24) is 19.3 Å². The number of aryl methyl sites for hydroxylation is 1. The molecule has 2 N–H and O–H groups in total. The van der Waals surface area contributed by atoms with Crippen molar-refractivity contribution in [3.05, 3.63) is 78.0 Å². The summed E-state index contributed by atoms with van der Waals surface area (Å²) in [6.45, 7) is 1.44. The lowest BCUT2D eigenvalue weighted by Gasteiger charge is -2.15. The van der Waals surface area contributed by atoms with Crippen molar-refractivity contribution in [2.75, 3.05) is 7.05 Å². The minimum atomic E-state index is -4.50. The number of aromatic nitrogens is 3. The minimum Gasteiger partial charge on any atom is -0.478 e. The molecule has 0 amide bonds. The van der Waals surface area contributed by atoms with E-state index in [1.165, 1.54) is 38.4 Å². The maximum atomic E-state index is 15.7. The van der Waals surface area contributed by atoms with Crippen LogP contribution in [-0.2, 0) is 24.3 Å². The third-order valence-corrected chi connectivity index (χ3v) is 6.38. The van der Waals surface area contributed by atoms with Gasteiger partial charge >= 0.3 is 11.9 Å². The molecule has 0 aliphatic heterocycles. The van der Waals surface area contributed by atoms with Gasteiger partial charge in [-0.3, -0.25) is 10.3 Å². The van der Waals surface area contributed by atoms with E-state index >= 15 is 4.39 Å². The Morgan fingerprint density at radius 3 is 2.47 bits per heavy atom. The molecular formula is C21H18F2N4O6S. The van der Waals surface area contributed by atoms with Crippen molar-refractivity contribution in [2.45, 2.75) is 18.0 Å². The number of ether oxygens (including phenoxy) is 1. The summed E-state index contributed by atoms with van der Waals surface area (Å²) in [5.74, 6) is -4.89. The van der Waals surface area contributed by atoms with Crippen LogP contribution in [0.25, 0.3) is 11.3 Å². The zero-order valence-corrected chi connectivity index (χ0v) is 18.6. The molecule has 0 bridgehead atoms. The molecule has 3 heterocycles. The van der Waals surface area contributed by atoms with Gasteiger partial charge in [0.25, 0.3) is 10.0 Å². The molecule has 13 heteroatoms. The Morgan fingerprint density at radius 2 is 1.85 bits per heavy atom. The van der Waals surface area contributed by atoms with Crippen LogP contribution in [0, 0.1) is 18.7 Å². The van der Waals surface area contributed by atoms with Crippen LogP contribution in [0.1, 0.15) is 17.5 Å². The fourth-order valence-corrected chi connectivity index (χ4v) is 4.63. The molecule has 3 aromatic heterocycles. The van der Waals surface area contributed by atoms with Crippen molar-refractivity contribution in [3.63, 3.8) is 0 Å². The van der Waals surface area contributed by atoms with Gasteiger partial charge < -0.3 is 9.84 Å². The average Bonchev–Trinajstić information content (AvgIpc) is 3.14. The first kappa shape index (κ1) is 24.7. The van der Waals surface area contributed by atoms with Crippen LogP contribution in [0.15, 0.2) is 59.9 Å². The number of hydrogen-bond acceptors (Lipinski definition) is 8. The average molecular weight is 492 g/mol. The second kappa shape index (κ2) is 9.89. The maximum absolute atomic E-state index is 15.7. The zero-order valence-electron chi connectivity index (χ0n) is 17.8. The van der Waals surface area contributed by atoms with Crippen molar-refractivity contribution in [2.24, 2.45) is 0 Å². The Labute approximate surface area is 192 Å². The predicted molar refractivity (Wildman–Crippen MR) is 114 cm³/mol. The SMILES string of the molecule is CNC(OC(=O)/C=C/C(=O)O)c1cn(S(=O)(=O)c2cccnc2C)c(-c2cccnc2F)c1F. The molecule has 0 radical (unpaired) electrons. The summed E-state index contributed by atoms with van der Waals surface area (Å²) in [7, 11) is -3.21. The number of rotatable bonds is 8. The van der Waals surface area contributed by atoms with E-state index in [9.17, 15) is 22.4 Å². The van der Waals surface area contributed by atoms with E-state index in [0.717, 1.165) is 18.5 Å². The lowest BCUT2D eigenvalue weighted by Crippen LogP contribution is -2.23. The summed E-state index contributed by atoms with van der Waals surface area (Å²) in [6.07, 6.45) is 2.89. The third-order valence-electron chi connectivity index (χ3n) is 4.59. The van der Waals surface area contributed by atoms with Gasteiger partial charge in [-0.25, -0.2) is 31.4 Å². The monoisotopic (exact) mass is 492 g/mol. The number of hydrogen-bond donors (Lipinski definition) is 2. The normalized spacial score (nSPS) is 12.6. The Hall–Kier alpha value is -3.97. The van der Waals surface area contributed by atoms with Crippen molar-refractivity contribution in [3.8, 4) is 11.3 Å². The van der Waals surface area contributed by atoms with Gasteiger partial charge in [-0.05, 0) is 38.2 Å². The summed E-state index contributed by atoms with van der Waals surface area (Å²) < 4.78 is 62.6. The van der Waals surface area contributed by atoms with E-state index in [-0.39, 0.29) is 10.6 Å². The maximum Gasteiger partial charge on any atom is 0.332 e. The first-order valence-electron chi connectivity index (χ1n) is 9.55. The van der Waals surface area contributed by atoms with Crippen molar-refractivity contribution >= 4 is 22.0 Å². The first-order valence-corrected chi connectivity index (χ1v) is 11.0. The molecule has 3 rings (SSSR count). The van der Waals surface area contributed by atoms with Crippen molar-refractivity contribution < 1.29 is 36.6 Å². The van der Waals surface area contributed by atoms with Gasteiger partial charge in [0.2, 0.25) is 5.95 Å². The largest absolute Gasteiger partial charge is 0.478 e. The molecule has 34 heavy (non-hydrogen) atoms. The van der Waals surface area contributed by atoms with E-state index in [4.69, 9.17) is 9.84 Å². The number of pyridine rings is 2. The molecule has 0 aliphatic carbocycles. The molecule has 1 atom stereocenters. The van der Waals surface area contributed by atoms with E-state index in [0.29, 0.717) is 16.1 Å². The fraction of sp³-hybridized carbons (Fsp3) is 0.143. The van der Waals surface area contributed by atoms with E-state index in [2.05, 4.69) is 15.3 Å². The van der Waals surface area contributed by atoms with Crippen LogP contribution < -0.4 is 5.32 Å². The topological polar surface area (TPSA) is 140 Å². The quantitative estimate of drug-likeness (QED) is 0.209. The summed E-state index contributed by atoms with van der Waals surface area (Å²) in [4.78, 5) is 29.7. The molecule has 0 aromatic carbocycles. The molecular weight excluding hydrogens is 474 g/mol. The van der Waals surface area contributed by atoms with Gasteiger partial charge in [-0.2, -0.15) is 4.39 Å². The number of nitrogens with one attached hydrogen (secondary N) is 1. The summed E-state index contributed by atoms with van der Waals surface area (Å²) in [5.41, 5.74) is -1.47. The smallest absolute Gasteiger partial charge is 0.332 e. The molecule has 0 saturated carbocycles. The Bertz CT molecular complexity index is 1390. The number of halogens is 2. The fourth-order valence-electron chi connectivity index (χ4n) is 3.07. The molecule has 10 nitrogen and oxygen atoms in total. The number of carboxylic acid groups (broad SMARTS) is 1. The number of aliphatic carboxylic acids is 1. The second-order valence-corrected chi connectivity index (χ2v) is 8.54. The molecule has 0 spiro atoms. The van der Waals surface area contributed by atoms with Crippen molar-refractivity contribution in [1.29, 1.82) is 0 Å². The second-order valence-electron chi connectivity index (χ2n) is 6.75. The molecule has 178 valence electrons. The third kappa shape index (κ3) is 4.84. The molecule has 1 unspecified atom stereocenters. The minimum absolute atomic E-state index is 0.117. The highest BCUT2D eigenvalue weighted by molar-refractivity contribution is 7.90. The number of carboxylic acids is 1. The predicted octanol–water partition coefficient (Wildman–Crippen LogP) is 2.17. The van der Waals surface area contributed by atoms with Crippen LogP contribution in [0.4, 0.5) is 8.78 Å². The summed E-state index contributed by atoms with van der Waals surface area (Å²) >= 11 is 0. The molecule has 0 aliphatic rings. The van der Waals surface area contributed by atoms with Crippen LogP contribution in [0.2, 0.25) is 0 Å². The van der Waals surface area contributed by atoms with E-state index in [1.807, 2.05) is 0 Å².